The summed E-state index contributed by atoms with van der Waals surface area (Å²) in [5, 5.41) is 0.140. The predicted octanol–water partition coefficient (Wildman–Crippen LogP) is 3.97. The van der Waals surface area contributed by atoms with Crippen molar-refractivity contribution in [3.05, 3.63) is 46.8 Å². The summed E-state index contributed by atoms with van der Waals surface area (Å²) in [4.78, 5) is 0. The number of rotatable bonds is 5. The average molecular weight is 371 g/mol. The fourth-order valence-corrected chi connectivity index (χ4v) is 3.17. The van der Waals surface area contributed by atoms with Gasteiger partial charge in [0.25, 0.3) is 0 Å². The first-order valence-electron chi connectivity index (χ1n) is 8.69. The molecule has 2 aliphatic heterocycles. The summed E-state index contributed by atoms with van der Waals surface area (Å²) in [6, 6.07) is 4.85. The number of hydrogen-bond donors (Lipinski definition) is 0. The molecule has 2 fully saturated rings. The summed E-state index contributed by atoms with van der Waals surface area (Å²) in [5.41, 5.74) is 0.880. The average Bonchev–Trinajstić information content (AvgIpc) is 2.64. The lowest BCUT2D eigenvalue weighted by atomic mass is 10.1. The number of allylic oxidation sites excluding steroid dienone is 1. The van der Waals surface area contributed by atoms with Crippen LogP contribution in [0.4, 0.5) is 4.39 Å². The van der Waals surface area contributed by atoms with Gasteiger partial charge in [-0.3, -0.25) is 0 Å². The standard InChI is InChI=1S/C19H24ClFO4/c1-2-3-14-9-24-19(25-10-14)15-11-22-18(23-12-15)7-5-13-4-6-16(20)17(21)8-13/h2-4,6,8,14-15,18-19H,5,7,9-12H2,1H3/b3-2+/t14-,15-,18-,19-. The summed E-state index contributed by atoms with van der Waals surface area (Å²) in [7, 11) is 0. The predicted molar refractivity (Wildman–Crippen MR) is 92.9 cm³/mol. The van der Waals surface area contributed by atoms with Crippen LogP contribution in [0.5, 0.6) is 0 Å². The maximum atomic E-state index is 13.5. The molecule has 0 radical (unpaired) electrons. The second-order valence-electron chi connectivity index (χ2n) is 6.46. The largest absolute Gasteiger partial charge is 0.352 e. The Morgan fingerprint density at radius 3 is 2.48 bits per heavy atom. The Morgan fingerprint density at radius 2 is 1.84 bits per heavy atom. The summed E-state index contributed by atoms with van der Waals surface area (Å²) in [6.07, 6.45) is 4.90. The lowest BCUT2D eigenvalue weighted by molar-refractivity contribution is -0.278. The maximum Gasteiger partial charge on any atom is 0.164 e. The van der Waals surface area contributed by atoms with Crippen LogP contribution in [0.3, 0.4) is 0 Å². The van der Waals surface area contributed by atoms with Gasteiger partial charge in [-0.15, -0.1) is 0 Å². The Kier molecular flexibility index (Phi) is 6.84. The van der Waals surface area contributed by atoms with Crippen molar-refractivity contribution >= 4 is 11.6 Å². The summed E-state index contributed by atoms with van der Waals surface area (Å²) >= 11 is 5.69. The van der Waals surface area contributed by atoms with Crippen molar-refractivity contribution in [2.45, 2.75) is 32.3 Å². The molecular weight excluding hydrogens is 347 g/mol. The molecule has 2 saturated heterocycles. The molecule has 3 rings (SSSR count). The maximum absolute atomic E-state index is 13.5. The first kappa shape index (κ1) is 18.8. The highest BCUT2D eigenvalue weighted by atomic mass is 35.5. The molecule has 0 atom stereocenters. The van der Waals surface area contributed by atoms with Gasteiger partial charge >= 0.3 is 0 Å². The van der Waals surface area contributed by atoms with Crippen molar-refractivity contribution in [3.63, 3.8) is 0 Å². The lowest BCUT2D eigenvalue weighted by Crippen LogP contribution is -2.44. The molecule has 0 spiro atoms. The van der Waals surface area contributed by atoms with Gasteiger partial charge in [0.2, 0.25) is 0 Å². The minimum Gasteiger partial charge on any atom is -0.352 e. The molecule has 138 valence electrons. The molecule has 0 aliphatic carbocycles. The number of hydrogen-bond acceptors (Lipinski definition) is 4. The van der Waals surface area contributed by atoms with E-state index in [9.17, 15) is 4.39 Å². The summed E-state index contributed by atoms with van der Waals surface area (Å²) < 4.78 is 36.6. The van der Waals surface area contributed by atoms with E-state index < -0.39 is 5.82 Å². The molecule has 0 saturated carbocycles. The summed E-state index contributed by atoms with van der Waals surface area (Å²) in [6.45, 7) is 4.40. The number of halogens is 2. The monoisotopic (exact) mass is 370 g/mol. The van der Waals surface area contributed by atoms with Gasteiger partial charge in [-0.2, -0.15) is 0 Å². The highest BCUT2D eigenvalue weighted by molar-refractivity contribution is 6.30. The fraction of sp³-hybridized carbons (Fsp3) is 0.579. The van der Waals surface area contributed by atoms with Crippen LogP contribution in [0.1, 0.15) is 18.9 Å². The van der Waals surface area contributed by atoms with E-state index >= 15 is 0 Å². The molecule has 6 heteroatoms. The zero-order chi connectivity index (χ0) is 17.6. The quantitative estimate of drug-likeness (QED) is 0.735. The third kappa shape index (κ3) is 5.25. The number of aryl methyl sites for hydroxylation is 1. The van der Waals surface area contributed by atoms with Crippen molar-refractivity contribution in [2.24, 2.45) is 11.8 Å². The van der Waals surface area contributed by atoms with Crippen molar-refractivity contribution in [3.8, 4) is 0 Å². The number of ether oxygens (including phenoxy) is 4. The molecular formula is C19H24ClFO4. The van der Waals surface area contributed by atoms with Crippen LogP contribution in [-0.4, -0.2) is 39.0 Å². The van der Waals surface area contributed by atoms with Gasteiger partial charge in [-0.25, -0.2) is 4.39 Å². The Hall–Kier alpha value is -0.980. The molecule has 0 N–H and O–H groups in total. The third-order valence-electron chi connectivity index (χ3n) is 4.44. The smallest absolute Gasteiger partial charge is 0.164 e. The van der Waals surface area contributed by atoms with Crippen LogP contribution in [0.15, 0.2) is 30.4 Å². The van der Waals surface area contributed by atoms with Crippen LogP contribution in [0.2, 0.25) is 5.02 Å². The molecule has 0 unspecified atom stereocenters. The zero-order valence-electron chi connectivity index (χ0n) is 14.3. The van der Waals surface area contributed by atoms with Gasteiger partial charge in [-0.1, -0.05) is 29.8 Å². The lowest BCUT2D eigenvalue weighted by Gasteiger charge is -2.37. The van der Waals surface area contributed by atoms with Gasteiger partial charge < -0.3 is 18.9 Å². The second-order valence-corrected chi connectivity index (χ2v) is 6.87. The SMILES string of the molecule is C/C=C/[C@H]1CO[C@H]([C@H]2CO[C@H](CCc3ccc(Cl)c(F)c3)OC2)OC1. The van der Waals surface area contributed by atoms with Gasteiger partial charge in [0.15, 0.2) is 12.6 Å². The van der Waals surface area contributed by atoms with Crippen LogP contribution in [0, 0.1) is 17.7 Å². The van der Waals surface area contributed by atoms with Crippen LogP contribution >= 0.6 is 11.6 Å². The molecule has 0 aromatic heterocycles. The van der Waals surface area contributed by atoms with E-state index in [2.05, 4.69) is 6.08 Å². The summed E-state index contributed by atoms with van der Waals surface area (Å²) in [5.74, 6) is 0.00232. The van der Waals surface area contributed by atoms with E-state index in [-0.39, 0.29) is 23.5 Å². The van der Waals surface area contributed by atoms with Crippen molar-refractivity contribution in [1.29, 1.82) is 0 Å². The Labute approximate surface area is 152 Å². The minimum absolute atomic E-state index is 0.0794. The van der Waals surface area contributed by atoms with E-state index in [1.165, 1.54) is 6.07 Å². The number of benzene rings is 1. The van der Waals surface area contributed by atoms with Crippen LogP contribution in [0.25, 0.3) is 0 Å². The van der Waals surface area contributed by atoms with Crippen molar-refractivity contribution in [2.75, 3.05) is 26.4 Å². The van der Waals surface area contributed by atoms with Crippen molar-refractivity contribution < 1.29 is 23.3 Å². The molecule has 2 aliphatic rings. The molecule has 25 heavy (non-hydrogen) atoms. The fourth-order valence-electron chi connectivity index (χ4n) is 3.05. The minimum atomic E-state index is -0.396. The second kappa shape index (κ2) is 9.10. The normalized spacial score (nSPS) is 30.7. The van der Waals surface area contributed by atoms with Gasteiger partial charge in [0.1, 0.15) is 5.82 Å². The highest BCUT2D eigenvalue weighted by Gasteiger charge is 2.33. The Balaban J connectivity index is 1.39. The first-order valence-corrected chi connectivity index (χ1v) is 9.06. The topological polar surface area (TPSA) is 36.9 Å². The van der Waals surface area contributed by atoms with E-state index in [1.807, 2.05) is 19.1 Å². The van der Waals surface area contributed by atoms with Gasteiger partial charge in [0.05, 0.1) is 37.4 Å². The third-order valence-corrected chi connectivity index (χ3v) is 4.75. The van der Waals surface area contributed by atoms with Gasteiger partial charge in [0, 0.05) is 12.3 Å². The molecule has 1 aromatic rings. The van der Waals surface area contributed by atoms with Crippen molar-refractivity contribution in [1.82, 2.24) is 0 Å². The molecule has 0 bridgehead atoms. The Bertz CT molecular complexity index is 579. The van der Waals surface area contributed by atoms with E-state index in [1.54, 1.807) is 6.07 Å². The Morgan fingerprint density at radius 1 is 1.12 bits per heavy atom. The van der Waals surface area contributed by atoms with Crippen LogP contribution < -0.4 is 0 Å². The van der Waals surface area contributed by atoms with E-state index in [0.717, 1.165) is 5.56 Å². The molecule has 2 heterocycles. The molecule has 4 nitrogen and oxygen atoms in total. The van der Waals surface area contributed by atoms with E-state index in [4.69, 9.17) is 30.5 Å². The molecule has 1 aromatic carbocycles. The first-order chi connectivity index (χ1) is 12.2. The van der Waals surface area contributed by atoms with E-state index in [0.29, 0.717) is 45.2 Å². The van der Waals surface area contributed by atoms with Crippen LogP contribution in [-0.2, 0) is 25.4 Å². The molecule has 0 amide bonds. The zero-order valence-corrected chi connectivity index (χ0v) is 15.1. The van der Waals surface area contributed by atoms with Gasteiger partial charge in [-0.05, 0) is 31.0 Å². The highest BCUT2D eigenvalue weighted by Crippen LogP contribution is 2.25.